The summed E-state index contributed by atoms with van der Waals surface area (Å²) in [7, 11) is 2.75. The molecule has 14 nitrogen and oxygen atoms in total. The lowest BCUT2D eigenvalue weighted by Gasteiger charge is -2.33. The fourth-order valence-corrected chi connectivity index (χ4v) is 8.52. The summed E-state index contributed by atoms with van der Waals surface area (Å²) in [6, 6.07) is 10.7. The number of hydrogen-bond donors (Lipinski definition) is 4. The minimum atomic E-state index is -1.12. The predicted molar refractivity (Wildman–Crippen MR) is 202 cm³/mol. The monoisotopic (exact) mass is 738 g/mol. The lowest BCUT2D eigenvalue weighted by molar-refractivity contribution is -0.138. The first-order chi connectivity index (χ1) is 25.9. The van der Waals surface area contributed by atoms with Crippen molar-refractivity contribution in [2.45, 2.75) is 90.4 Å². The highest BCUT2D eigenvalue weighted by molar-refractivity contribution is 5.88. The number of imidazole rings is 2. The number of benzene rings is 2. The number of fused-ring (bicyclic) bond motifs is 4. The van der Waals surface area contributed by atoms with Crippen LogP contribution in [0.2, 0.25) is 0 Å². The number of carbonyl (C=O) groups excluding carboxylic acids is 3. The number of carboxylic acid groups (broad SMARTS) is 1. The molecule has 0 spiro atoms. The first-order valence-corrected chi connectivity index (χ1v) is 19.0. The van der Waals surface area contributed by atoms with E-state index in [9.17, 15) is 24.3 Å². The van der Waals surface area contributed by atoms with E-state index in [4.69, 9.17) is 14.7 Å². The van der Waals surface area contributed by atoms with Crippen LogP contribution in [-0.4, -0.2) is 103 Å². The molecule has 0 radical (unpaired) electrons. The van der Waals surface area contributed by atoms with Crippen LogP contribution in [0.25, 0.3) is 33.4 Å². The number of nitrogens with one attached hydrogen (secondary N) is 3. The molecule has 0 unspecified atom stereocenters. The van der Waals surface area contributed by atoms with E-state index in [2.05, 4.69) is 45.6 Å². The first-order valence-electron chi connectivity index (χ1n) is 19.0. The van der Waals surface area contributed by atoms with E-state index in [1.165, 1.54) is 19.7 Å². The van der Waals surface area contributed by atoms with Crippen LogP contribution in [0.15, 0.2) is 36.4 Å². The average molecular weight is 739 g/mol. The predicted octanol–water partition coefficient (Wildman–Crippen LogP) is 6.06. The molecule has 2 aromatic heterocycles. The van der Waals surface area contributed by atoms with Crippen LogP contribution in [0.1, 0.15) is 88.4 Å². The Morgan fingerprint density at radius 2 is 1.52 bits per heavy atom. The molecule has 0 bridgehead atoms. The van der Waals surface area contributed by atoms with Gasteiger partial charge < -0.3 is 34.9 Å². The zero-order valence-corrected chi connectivity index (χ0v) is 31.8. The lowest BCUT2D eigenvalue weighted by atomic mass is 9.89. The van der Waals surface area contributed by atoms with Gasteiger partial charge >= 0.3 is 12.2 Å². The van der Waals surface area contributed by atoms with Crippen molar-refractivity contribution in [2.24, 2.45) is 11.8 Å². The van der Waals surface area contributed by atoms with Crippen molar-refractivity contribution < 1.29 is 29.0 Å². The second kappa shape index (κ2) is 14.8. The molecule has 4 atom stereocenters. The molecule has 7 rings (SSSR count). The highest BCUT2D eigenvalue weighted by Crippen LogP contribution is 2.39. The number of likely N-dealkylation sites (tertiary alicyclic amines) is 2. The summed E-state index contributed by atoms with van der Waals surface area (Å²) in [6.07, 6.45) is 3.12. The molecule has 2 saturated heterocycles. The van der Waals surface area contributed by atoms with Crippen LogP contribution in [0.3, 0.4) is 0 Å². The molecule has 4 heterocycles. The molecule has 0 saturated carbocycles. The van der Waals surface area contributed by atoms with E-state index in [0.717, 1.165) is 88.4 Å². The van der Waals surface area contributed by atoms with Gasteiger partial charge in [-0.25, -0.2) is 19.6 Å². The van der Waals surface area contributed by atoms with Crippen molar-refractivity contribution in [1.82, 2.24) is 40.0 Å². The number of alkyl carbamates (subject to hydrolysis) is 1. The van der Waals surface area contributed by atoms with Gasteiger partial charge in [0.15, 0.2) is 0 Å². The largest absolute Gasteiger partial charge is 0.465 e. The second-order valence-corrected chi connectivity index (χ2v) is 15.5. The lowest BCUT2D eigenvalue weighted by Crippen LogP contribution is -2.51. The van der Waals surface area contributed by atoms with Crippen molar-refractivity contribution in [3.8, 4) is 22.4 Å². The summed E-state index contributed by atoms with van der Waals surface area (Å²) in [5, 5.41) is 12.3. The third-order valence-corrected chi connectivity index (χ3v) is 11.3. The number of hydrogen-bond acceptors (Lipinski definition) is 7. The van der Waals surface area contributed by atoms with E-state index < -0.39 is 24.3 Å². The molecular formula is C40H50N8O6. The van der Waals surface area contributed by atoms with E-state index in [-0.39, 0.29) is 35.7 Å². The fourth-order valence-electron chi connectivity index (χ4n) is 8.52. The van der Waals surface area contributed by atoms with E-state index in [1.54, 1.807) is 4.90 Å². The third kappa shape index (κ3) is 6.77. The summed E-state index contributed by atoms with van der Waals surface area (Å²) in [5.74, 6) is 0.884. The molecule has 2 aromatic carbocycles. The number of ether oxygens (including phenoxy) is 1. The van der Waals surface area contributed by atoms with Crippen molar-refractivity contribution >= 4 is 35.0 Å². The van der Waals surface area contributed by atoms with Crippen molar-refractivity contribution in [3.63, 3.8) is 0 Å². The molecule has 2 fully saturated rings. The molecular weight excluding hydrogens is 688 g/mol. The normalized spacial score (nSPS) is 19.2. The van der Waals surface area contributed by atoms with Crippen LogP contribution in [-0.2, 0) is 27.2 Å². The van der Waals surface area contributed by atoms with Crippen molar-refractivity contribution in [3.05, 3.63) is 59.3 Å². The summed E-state index contributed by atoms with van der Waals surface area (Å²) in [6.45, 7) is 8.71. The van der Waals surface area contributed by atoms with E-state index in [1.807, 2.05) is 38.7 Å². The Balaban J connectivity index is 1.11. The maximum atomic E-state index is 13.7. The molecule has 1 aliphatic carbocycles. The topological polar surface area (TPSA) is 177 Å². The van der Waals surface area contributed by atoms with Gasteiger partial charge in [-0.15, -0.1) is 0 Å². The van der Waals surface area contributed by atoms with Crippen molar-refractivity contribution in [1.29, 1.82) is 0 Å². The van der Waals surface area contributed by atoms with Gasteiger partial charge in [0.05, 0.1) is 35.9 Å². The average Bonchev–Trinajstić information content (AvgIpc) is 3.97. The quantitative estimate of drug-likeness (QED) is 0.160. The molecule has 14 heteroatoms. The molecule has 4 N–H and O–H groups in total. The Labute approximate surface area is 314 Å². The van der Waals surface area contributed by atoms with Crippen LogP contribution in [0.5, 0.6) is 0 Å². The van der Waals surface area contributed by atoms with Gasteiger partial charge in [0.25, 0.3) is 0 Å². The number of aromatic amines is 2. The number of rotatable bonds is 9. The van der Waals surface area contributed by atoms with E-state index >= 15 is 0 Å². The summed E-state index contributed by atoms with van der Waals surface area (Å²) in [4.78, 5) is 73.0. The SMILES string of the molecule is COC(=O)N[C@H](C(=O)N1CCC[C@H]1c1nc2c([nH]1)CCc1cc(-c3ccc4[nH]c([C@@H]5CCCN5C(=O)[C@H](C(C)C)N(C)C(=O)O)nc4c3)ccc1-2)C(C)C. The second-order valence-electron chi connectivity index (χ2n) is 15.5. The fraction of sp³-hybridized carbons (Fsp3) is 0.500. The molecule has 4 aromatic rings. The maximum absolute atomic E-state index is 13.7. The van der Waals surface area contributed by atoms with Crippen LogP contribution in [0, 0.1) is 11.8 Å². The molecule has 4 amide bonds. The number of nitrogens with zero attached hydrogens (tertiary/aromatic N) is 5. The Bertz CT molecular complexity index is 2090. The van der Waals surface area contributed by atoms with Gasteiger partial charge in [-0.05, 0) is 79.2 Å². The highest BCUT2D eigenvalue weighted by atomic mass is 16.5. The Morgan fingerprint density at radius 3 is 2.17 bits per heavy atom. The van der Waals surface area contributed by atoms with Gasteiger partial charge in [0, 0.05) is 31.4 Å². The first kappa shape index (κ1) is 36.9. The summed E-state index contributed by atoms with van der Waals surface area (Å²) in [5.41, 5.74) is 8.04. The number of aryl methyl sites for hydroxylation is 2. The Hall–Kier alpha value is -5.40. The molecule has 286 valence electrons. The molecule has 3 aliphatic rings. The Kier molecular flexibility index (Phi) is 10.1. The van der Waals surface area contributed by atoms with Gasteiger partial charge in [-0.2, -0.15) is 0 Å². The number of amides is 4. The number of aromatic nitrogens is 4. The minimum Gasteiger partial charge on any atom is -0.465 e. The number of carbonyl (C=O) groups is 4. The van der Waals surface area contributed by atoms with Crippen LogP contribution >= 0.6 is 0 Å². The van der Waals surface area contributed by atoms with Gasteiger partial charge in [0.2, 0.25) is 11.8 Å². The van der Waals surface area contributed by atoms with Gasteiger partial charge in [-0.3, -0.25) is 14.5 Å². The molecule has 54 heavy (non-hydrogen) atoms. The van der Waals surface area contributed by atoms with Crippen molar-refractivity contribution in [2.75, 3.05) is 27.2 Å². The van der Waals surface area contributed by atoms with Gasteiger partial charge in [-0.1, -0.05) is 52.0 Å². The van der Waals surface area contributed by atoms with Gasteiger partial charge in [0.1, 0.15) is 23.7 Å². The third-order valence-electron chi connectivity index (χ3n) is 11.3. The zero-order chi connectivity index (χ0) is 38.4. The molecule has 2 aliphatic heterocycles. The standard InChI is InChI=1S/C40H50N8O6/c1-21(2)32(45-39(51)54-6)37(49)47-17-7-10-31(47)36-42-28-16-13-25-19-23(11-14-26(25)33(28)44-36)24-12-15-27-29(20-24)43-35(41-27)30-9-8-18-48(30)38(50)34(22(3)4)46(5)40(52)53/h11-12,14-15,19-22,30-32,34H,7-10,13,16-18H2,1-6H3,(H,41,43)(H,42,44)(H,45,51)(H,52,53)/t30-,31-,32-,34-/m0/s1. The Morgan fingerprint density at radius 1 is 0.870 bits per heavy atom. The van der Waals surface area contributed by atoms with Crippen LogP contribution < -0.4 is 5.32 Å². The zero-order valence-electron chi connectivity index (χ0n) is 31.8. The summed E-state index contributed by atoms with van der Waals surface area (Å²) < 4.78 is 4.78. The number of H-pyrrole nitrogens is 2. The summed E-state index contributed by atoms with van der Waals surface area (Å²) >= 11 is 0. The number of likely N-dealkylation sites (N-methyl/N-ethyl adjacent to an activating group) is 1. The minimum absolute atomic E-state index is 0.107. The maximum Gasteiger partial charge on any atom is 0.407 e. The van der Waals surface area contributed by atoms with Crippen LogP contribution in [0.4, 0.5) is 9.59 Å². The van der Waals surface area contributed by atoms with E-state index in [0.29, 0.717) is 18.9 Å². The highest BCUT2D eigenvalue weighted by Gasteiger charge is 2.40. The number of methoxy groups -OCH3 is 1. The smallest absolute Gasteiger partial charge is 0.407 e.